The Morgan fingerprint density at radius 2 is 1.65 bits per heavy atom. The Bertz CT molecular complexity index is 1370. The molecular formula is C33H42N4O3. The third-order valence-electron chi connectivity index (χ3n) is 10.5. The molecule has 5 aliphatic rings. The minimum Gasteiger partial charge on any atom is -0.468 e. The standard InChI is InChI=1S/C33H42N4O3/c1-40-31(38)21-35-15-5-4-14-30(35)32-33(39)37(29-13-3-2-12-28(29)34-32)27-19-24-10-7-11-25(20-27)36(24)26-17-22-8-6-9-23(16-22)18-26/h2-5,12-14,22-27H,6-11,15-21H2,1H3. The number of para-hydroxylation sites is 2. The number of aromatic nitrogens is 2. The van der Waals surface area contributed by atoms with Gasteiger partial charge in [-0.25, -0.2) is 4.98 Å². The fourth-order valence-electron chi connectivity index (χ4n) is 8.97. The Kier molecular flexibility index (Phi) is 7.02. The topological polar surface area (TPSA) is 67.7 Å². The van der Waals surface area contributed by atoms with E-state index in [4.69, 9.17) is 9.72 Å². The molecule has 4 bridgehead atoms. The number of piperidine rings is 2. The number of esters is 1. The third kappa shape index (κ3) is 4.70. The van der Waals surface area contributed by atoms with Crippen LogP contribution in [0, 0.1) is 11.8 Å². The van der Waals surface area contributed by atoms with E-state index in [0.29, 0.717) is 30.0 Å². The van der Waals surface area contributed by atoms with Crippen LogP contribution in [0.15, 0.2) is 47.3 Å². The van der Waals surface area contributed by atoms with Gasteiger partial charge in [0.25, 0.3) is 5.56 Å². The Morgan fingerprint density at radius 1 is 0.925 bits per heavy atom. The number of rotatable bonds is 5. The van der Waals surface area contributed by atoms with Crippen molar-refractivity contribution in [2.75, 3.05) is 20.2 Å². The molecule has 4 heterocycles. The van der Waals surface area contributed by atoms with Gasteiger partial charge in [-0.15, -0.1) is 0 Å². The molecule has 40 heavy (non-hydrogen) atoms. The maximum atomic E-state index is 14.4. The van der Waals surface area contributed by atoms with E-state index >= 15 is 0 Å². The van der Waals surface area contributed by atoms with Gasteiger partial charge in [0.2, 0.25) is 0 Å². The molecule has 0 amide bonds. The molecule has 1 aromatic heterocycles. The van der Waals surface area contributed by atoms with Crippen LogP contribution in [0.2, 0.25) is 0 Å². The summed E-state index contributed by atoms with van der Waals surface area (Å²) < 4.78 is 7.02. The second-order valence-corrected chi connectivity index (χ2v) is 12.9. The molecule has 2 aromatic rings. The van der Waals surface area contributed by atoms with Crippen LogP contribution in [0.3, 0.4) is 0 Å². The molecule has 0 N–H and O–H groups in total. The summed E-state index contributed by atoms with van der Waals surface area (Å²) in [4.78, 5) is 36.3. The normalized spacial score (nSPS) is 32.1. The van der Waals surface area contributed by atoms with Crippen molar-refractivity contribution < 1.29 is 9.53 Å². The minimum absolute atomic E-state index is 0.0427. The highest BCUT2D eigenvalue weighted by Crippen LogP contribution is 2.47. The molecule has 7 heteroatoms. The molecule has 7 rings (SSSR count). The van der Waals surface area contributed by atoms with Gasteiger partial charge in [-0.3, -0.25) is 14.5 Å². The number of carbonyl (C=O) groups is 1. The zero-order valence-corrected chi connectivity index (χ0v) is 23.7. The van der Waals surface area contributed by atoms with E-state index in [1.54, 1.807) is 0 Å². The van der Waals surface area contributed by atoms with Crippen molar-refractivity contribution in [3.8, 4) is 0 Å². The smallest absolute Gasteiger partial charge is 0.325 e. The molecule has 0 spiro atoms. The lowest BCUT2D eigenvalue weighted by atomic mass is 9.68. The van der Waals surface area contributed by atoms with Gasteiger partial charge in [-0.2, -0.15) is 0 Å². The highest BCUT2D eigenvalue weighted by atomic mass is 16.5. The fourth-order valence-corrected chi connectivity index (χ4v) is 8.97. The van der Waals surface area contributed by atoms with Crippen molar-refractivity contribution in [3.63, 3.8) is 0 Å². The fraction of sp³-hybridized carbons (Fsp3) is 0.606. The molecule has 3 aliphatic heterocycles. The number of allylic oxidation sites excluding steroid dienone is 2. The lowest BCUT2D eigenvalue weighted by Gasteiger charge is -2.55. The average molecular weight is 543 g/mol. The molecule has 212 valence electrons. The molecule has 2 saturated heterocycles. The van der Waals surface area contributed by atoms with Crippen molar-refractivity contribution in [1.82, 2.24) is 19.4 Å². The maximum absolute atomic E-state index is 14.4. The number of benzene rings is 1. The Hall–Kier alpha value is -2.93. The molecule has 4 atom stereocenters. The lowest BCUT2D eigenvalue weighted by Crippen LogP contribution is -2.58. The maximum Gasteiger partial charge on any atom is 0.325 e. The summed E-state index contributed by atoms with van der Waals surface area (Å²) in [5.41, 5.74) is 2.84. The number of carbonyl (C=O) groups excluding carboxylic acids is 1. The van der Waals surface area contributed by atoms with Gasteiger partial charge in [0.15, 0.2) is 5.69 Å². The van der Waals surface area contributed by atoms with Crippen LogP contribution in [0.25, 0.3) is 16.7 Å². The molecule has 1 aromatic carbocycles. The predicted octanol–water partition coefficient (Wildman–Crippen LogP) is 5.31. The van der Waals surface area contributed by atoms with Crippen molar-refractivity contribution in [2.24, 2.45) is 11.8 Å². The quantitative estimate of drug-likeness (QED) is 0.477. The van der Waals surface area contributed by atoms with E-state index in [9.17, 15) is 9.59 Å². The predicted molar refractivity (Wildman–Crippen MR) is 157 cm³/mol. The molecule has 2 aliphatic carbocycles. The summed E-state index contributed by atoms with van der Waals surface area (Å²) in [7, 11) is 1.40. The van der Waals surface area contributed by atoms with Crippen LogP contribution in [-0.4, -0.2) is 63.6 Å². The number of hydrogen-bond donors (Lipinski definition) is 0. The van der Waals surface area contributed by atoms with Crippen molar-refractivity contribution in [2.45, 2.75) is 94.8 Å². The first-order valence-corrected chi connectivity index (χ1v) is 15.6. The highest BCUT2D eigenvalue weighted by Gasteiger charge is 2.45. The average Bonchev–Trinajstić information content (AvgIpc) is 2.96. The summed E-state index contributed by atoms with van der Waals surface area (Å²) in [5.74, 6) is 1.53. The summed E-state index contributed by atoms with van der Waals surface area (Å²) >= 11 is 0. The van der Waals surface area contributed by atoms with Gasteiger partial charge in [0.1, 0.15) is 6.54 Å². The van der Waals surface area contributed by atoms with Crippen molar-refractivity contribution >= 4 is 22.7 Å². The van der Waals surface area contributed by atoms with E-state index in [1.807, 2.05) is 41.3 Å². The van der Waals surface area contributed by atoms with Gasteiger partial charge >= 0.3 is 5.97 Å². The van der Waals surface area contributed by atoms with Gasteiger partial charge < -0.3 is 14.2 Å². The summed E-state index contributed by atoms with van der Waals surface area (Å²) in [6, 6.07) is 10.1. The van der Waals surface area contributed by atoms with Crippen LogP contribution in [-0.2, 0) is 9.53 Å². The summed E-state index contributed by atoms with van der Waals surface area (Å²) in [5, 5.41) is 0. The SMILES string of the molecule is COC(=O)CN1CC=CC=C1c1nc2ccccc2n(C2CC3CCCC(C2)N3C2CC3CCCC(C3)C2)c1=O. The molecule has 7 nitrogen and oxygen atoms in total. The van der Waals surface area contributed by atoms with Crippen LogP contribution in [0.5, 0.6) is 0 Å². The number of ether oxygens (including phenoxy) is 1. The third-order valence-corrected chi connectivity index (χ3v) is 10.5. The summed E-state index contributed by atoms with van der Waals surface area (Å²) in [6.07, 6.45) is 20.2. The first-order chi connectivity index (χ1) is 19.6. The zero-order chi connectivity index (χ0) is 27.2. The molecule has 4 fully saturated rings. The van der Waals surface area contributed by atoms with Crippen molar-refractivity contribution in [3.05, 3.63) is 58.5 Å². The molecular weight excluding hydrogens is 500 g/mol. The monoisotopic (exact) mass is 542 g/mol. The lowest BCUT2D eigenvalue weighted by molar-refractivity contribution is -0.141. The number of nitrogens with zero attached hydrogens (tertiary/aromatic N) is 4. The summed E-state index contributed by atoms with van der Waals surface area (Å²) in [6.45, 7) is 0.632. The van der Waals surface area contributed by atoms with E-state index in [2.05, 4.69) is 15.5 Å². The van der Waals surface area contributed by atoms with Crippen LogP contribution >= 0.6 is 0 Å². The first kappa shape index (κ1) is 26.0. The Balaban J connectivity index is 1.24. The second-order valence-electron chi connectivity index (χ2n) is 12.9. The van der Waals surface area contributed by atoms with Gasteiger partial charge in [-0.1, -0.05) is 50.0 Å². The van der Waals surface area contributed by atoms with Gasteiger partial charge in [-0.05, 0) is 75.0 Å². The molecule has 0 radical (unpaired) electrons. The minimum atomic E-state index is -0.325. The molecule has 4 unspecified atom stereocenters. The van der Waals surface area contributed by atoms with Gasteiger partial charge in [0.05, 0.1) is 23.8 Å². The van der Waals surface area contributed by atoms with E-state index < -0.39 is 0 Å². The molecule has 2 saturated carbocycles. The van der Waals surface area contributed by atoms with Gasteiger partial charge in [0, 0.05) is 30.7 Å². The number of methoxy groups -OCH3 is 1. The van der Waals surface area contributed by atoms with Crippen LogP contribution in [0.1, 0.15) is 82.4 Å². The van der Waals surface area contributed by atoms with E-state index in [0.717, 1.165) is 41.8 Å². The number of fused-ring (bicyclic) bond motifs is 5. The highest BCUT2D eigenvalue weighted by molar-refractivity contribution is 5.79. The Morgan fingerprint density at radius 3 is 2.40 bits per heavy atom. The van der Waals surface area contributed by atoms with E-state index in [-0.39, 0.29) is 24.1 Å². The number of hydrogen-bond acceptors (Lipinski definition) is 6. The van der Waals surface area contributed by atoms with Crippen LogP contribution < -0.4 is 5.56 Å². The van der Waals surface area contributed by atoms with Crippen LogP contribution in [0.4, 0.5) is 0 Å². The Labute approximate surface area is 236 Å². The second kappa shape index (κ2) is 10.8. The van der Waals surface area contributed by atoms with Crippen molar-refractivity contribution in [1.29, 1.82) is 0 Å². The van der Waals surface area contributed by atoms with E-state index in [1.165, 1.54) is 64.9 Å². The first-order valence-electron chi connectivity index (χ1n) is 15.6. The zero-order valence-electron chi connectivity index (χ0n) is 23.7. The largest absolute Gasteiger partial charge is 0.468 e.